The molecule has 1 aliphatic heterocycles. The van der Waals surface area contributed by atoms with Crippen LogP contribution in [0.15, 0.2) is 66.9 Å². The highest BCUT2D eigenvalue weighted by Crippen LogP contribution is 2.28. The topological polar surface area (TPSA) is 95.8 Å². The monoisotopic (exact) mass is 462 g/mol. The molecule has 2 amide bonds. The molecule has 3 aromatic rings. The van der Waals surface area contributed by atoms with Crippen molar-refractivity contribution in [3.05, 3.63) is 89.2 Å². The van der Waals surface area contributed by atoms with Crippen LogP contribution in [0.4, 0.5) is 0 Å². The predicted octanol–water partition coefficient (Wildman–Crippen LogP) is 3.12. The van der Waals surface area contributed by atoms with Crippen molar-refractivity contribution in [1.29, 1.82) is 0 Å². The molecular formula is C26H30N4O4. The van der Waals surface area contributed by atoms with Crippen LogP contribution in [0.3, 0.4) is 0 Å². The van der Waals surface area contributed by atoms with Gasteiger partial charge in [-0.25, -0.2) is 5.48 Å². The Labute approximate surface area is 199 Å². The van der Waals surface area contributed by atoms with Crippen molar-refractivity contribution < 1.29 is 19.5 Å². The number of ether oxygens (including phenoxy) is 1. The van der Waals surface area contributed by atoms with Crippen molar-refractivity contribution in [3.63, 3.8) is 0 Å². The number of aryl methyl sites for hydroxylation is 1. The van der Waals surface area contributed by atoms with Gasteiger partial charge in [0.25, 0.3) is 11.8 Å². The number of hydrogen-bond acceptors (Lipinski definition) is 5. The second-order valence-corrected chi connectivity index (χ2v) is 8.56. The molecule has 0 atom stereocenters. The molecule has 1 aromatic heterocycles. The number of aromatic nitrogens is 1. The van der Waals surface area contributed by atoms with Crippen LogP contribution in [0.1, 0.15) is 44.8 Å². The predicted molar refractivity (Wildman–Crippen MR) is 128 cm³/mol. The van der Waals surface area contributed by atoms with Crippen LogP contribution in [0.25, 0.3) is 0 Å². The van der Waals surface area contributed by atoms with Gasteiger partial charge >= 0.3 is 0 Å². The molecule has 1 aliphatic rings. The molecule has 0 unspecified atom stereocenters. The molecule has 1 saturated heterocycles. The number of likely N-dealkylation sites (tertiary alicyclic amines) is 1. The molecule has 0 bridgehead atoms. The first kappa shape index (κ1) is 23.5. The zero-order valence-electron chi connectivity index (χ0n) is 19.2. The largest absolute Gasteiger partial charge is 0.486 e. The third-order valence-corrected chi connectivity index (χ3v) is 6.09. The maximum atomic E-state index is 13.2. The van der Waals surface area contributed by atoms with E-state index in [-0.39, 0.29) is 35.6 Å². The lowest BCUT2D eigenvalue weighted by atomic mass is 10.0. The highest BCUT2D eigenvalue weighted by atomic mass is 16.5. The van der Waals surface area contributed by atoms with E-state index in [9.17, 15) is 14.8 Å². The van der Waals surface area contributed by atoms with Crippen molar-refractivity contribution in [2.75, 3.05) is 13.1 Å². The van der Waals surface area contributed by atoms with Crippen LogP contribution < -0.4 is 15.5 Å². The lowest BCUT2D eigenvalue weighted by Crippen LogP contribution is -2.44. The Morgan fingerprint density at radius 3 is 2.21 bits per heavy atom. The maximum Gasteiger partial charge on any atom is 0.295 e. The number of nitrogens with zero attached hydrogens (tertiary/aromatic N) is 2. The van der Waals surface area contributed by atoms with E-state index in [1.54, 1.807) is 18.7 Å². The van der Waals surface area contributed by atoms with Crippen LogP contribution in [-0.2, 0) is 20.2 Å². The van der Waals surface area contributed by atoms with Gasteiger partial charge in [0.05, 0.1) is 5.56 Å². The average Bonchev–Trinajstić information content (AvgIpc) is 3.21. The quantitative estimate of drug-likeness (QED) is 0.353. The van der Waals surface area contributed by atoms with Gasteiger partial charge in [0, 0.05) is 38.9 Å². The molecule has 8 nitrogen and oxygen atoms in total. The fraction of sp³-hybridized carbons (Fsp3) is 0.308. The first-order chi connectivity index (χ1) is 16.5. The molecular weight excluding hydrogens is 432 g/mol. The summed E-state index contributed by atoms with van der Waals surface area (Å²) in [7, 11) is 1.64. The number of nitrogens with one attached hydrogen (secondary N) is 2. The number of carbonyl (C=O) groups is 2. The van der Waals surface area contributed by atoms with Crippen LogP contribution >= 0.6 is 0 Å². The molecule has 34 heavy (non-hydrogen) atoms. The number of piperidine rings is 1. The Morgan fingerprint density at radius 2 is 1.59 bits per heavy atom. The summed E-state index contributed by atoms with van der Waals surface area (Å²) in [6, 6.07) is 19.9. The molecule has 0 radical (unpaired) electrons. The number of amides is 2. The lowest BCUT2D eigenvalue weighted by Gasteiger charge is -2.32. The third-order valence-electron chi connectivity index (χ3n) is 6.09. The summed E-state index contributed by atoms with van der Waals surface area (Å²) in [5.41, 5.74) is 4.18. The molecule has 0 saturated carbocycles. The van der Waals surface area contributed by atoms with Gasteiger partial charge in [0.15, 0.2) is 11.4 Å². The normalized spacial score (nSPS) is 14.5. The second-order valence-electron chi connectivity index (χ2n) is 8.56. The zero-order chi connectivity index (χ0) is 23.9. The number of benzene rings is 2. The lowest BCUT2D eigenvalue weighted by molar-refractivity contribution is 0.0692. The van der Waals surface area contributed by atoms with Crippen LogP contribution in [0, 0.1) is 0 Å². The highest BCUT2D eigenvalue weighted by Gasteiger charge is 2.28. The van der Waals surface area contributed by atoms with E-state index < -0.39 is 5.91 Å². The van der Waals surface area contributed by atoms with Gasteiger partial charge in [0.1, 0.15) is 6.61 Å². The van der Waals surface area contributed by atoms with Gasteiger partial charge in [-0.3, -0.25) is 19.7 Å². The summed E-state index contributed by atoms with van der Waals surface area (Å²) in [5, 5.41) is 12.3. The zero-order valence-corrected chi connectivity index (χ0v) is 19.2. The summed E-state index contributed by atoms with van der Waals surface area (Å²) in [6.07, 6.45) is 3.25. The molecule has 2 heterocycles. The van der Waals surface area contributed by atoms with Crippen molar-refractivity contribution in [1.82, 2.24) is 20.3 Å². The Bertz CT molecular complexity index is 1110. The Kier molecular flexibility index (Phi) is 7.61. The minimum Gasteiger partial charge on any atom is -0.486 e. The van der Waals surface area contributed by atoms with Gasteiger partial charge in [-0.15, -0.1) is 0 Å². The first-order valence-electron chi connectivity index (χ1n) is 11.4. The Balaban J connectivity index is 1.42. The van der Waals surface area contributed by atoms with E-state index in [1.165, 1.54) is 10.1 Å². The Hall–Kier alpha value is -3.62. The van der Waals surface area contributed by atoms with Gasteiger partial charge in [-0.2, -0.15) is 0 Å². The van der Waals surface area contributed by atoms with E-state index in [0.29, 0.717) is 0 Å². The van der Waals surface area contributed by atoms with Crippen LogP contribution in [0.5, 0.6) is 5.75 Å². The van der Waals surface area contributed by atoms with Gasteiger partial charge < -0.3 is 14.6 Å². The standard InChI is InChI=1S/C26H30N4O4/c1-29-17-22(24(23(29)26(32)28-33)34-18-20-10-6-3-7-11-20)25(31)27-21-12-14-30(15-13-21)16-19-8-4-2-5-9-19/h2-11,17,21,33H,12-16,18H2,1H3,(H,27,31)(H,28,32). The number of hydrogen-bond donors (Lipinski definition) is 3. The van der Waals surface area contributed by atoms with E-state index in [0.717, 1.165) is 38.0 Å². The molecule has 178 valence electrons. The molecule has 0 aliphatic carbocycles. The van der Waals surface area contributed by atoms with E-state index >= 15 is 0 Å². The minimum atomic E-state index is -0.737. The van der Waals surface area contributed by atoms with Gasteiger partial charge in [-0.1, -0.05) is 60.7 Å². The summed E-state index contributed by atoms with van der Waals surface area (Å²) >= 11 is 0. The molecule has 8 heteroatoms. The first-order valence-corrected chi connectivity index (χ1v) is 11.4. The Morgan fingerprint density at radius 1 is 0.971 bits per heavy atom. The molecule has 2 aromatic carbocycles. The summed E-state index contributed by atoms with van der Waals surface area (Å²) in [5.74, 6) is -0.882. The molecule has 4 rings (SSSR count). The SMILES string of the molecule is Cn1cc(C(=O)NC2CCN(Cc3ccccc3)CC2)c(OCc2ccccc2)c1C(=O)NO. The molecule has 0 spiro atoms. The fourth-order valence-corrected chi connectivity index (χ4v) is 4.30. The number of carbonyl (C=O) groups excluding carboxylic acids is 2. The van der Waals surface area contributed by atoms with E-state index in [2.05, 4.69) is 22.3 Å². The fourth-order valence-electron chi connectivity index (χ4n) is 4.30. The van der Waals surface area contributed by atoms with Gasteiger partial charge in [0.2, 0.25) is 0 Å². The van der Waals surface area contributed by atoms with Gasteiger partial charge in [-0.05, 0) is 24.0 Å². The second kappa shape index (κ2) is 11.0. The number of rotatable bonds is 8. The van der Waals surface area contributed by atoms with Crippen molar-refractivity contribution in [2.45, 2.75) is 32.0 Å². The summed E-state index contributed by atoms with van der Waals surface area (Å²) in [6.45, 7) is 2.88. The summed E-state index contributed by atoms with van der Waals surface area (Å²) in [4.78, 5) is 27.8. The van der Waals surface area contributed by atoms with E-state index in [4.69, 9.17) is 4.74 Å². The van der Waals surface area contributed by atoms with Crippen molar-refractivity contribution in [2.24, 2.45) is 7.05 Å². The maximum absolute atomic E-state index is 13.2. The smallest absolute Gasteiger partial charge is 0.295 e. The van der Waals surface area contributed by atoms with Crippen LogP contribution in [0.2, 0.25) is 0 Å². The summed E-state index contributed by atoms with van der Waals surface area (Å²) < 4.78 is 7.42. The minimum absolute atomic E-state index is 0.0387. The van der Waals surface area contributed by atoms with Crippen molar-refractivity contribution >= 4 is 11.8 Å². The van der Waals surface area contributed by atoms with E-state index in [1.807, 2.05) is 48.5 Å². The molecule has 1 fully saturated rings. The number of hydroxylamine groups is 1. The van der Waals surface area contributed by atoms with Crippen LogP contribution in [-0.4, -0.2) is 45.6 Å². The highest BCUT2D eigenvalue weighted by molar-refractivity contribution is 6.03. The third kappa shape index (κ3) is 5.65. The van der Waals surface area contributed by atoms with Crippen molar-refractivity contribution in [3.8, 4) is 5.75 Å². The average molecular weight is 463 g/mol. The molecule has 3 N–H and O–H groups in total.